The van der Waals surface area contributed by atoms with Gasteiger partial charge in [0, 0.05) is 24.2 Å². The van der Waals surface area contributed by atoms with E-state index in [4.69, 9.17) is 0 Å². The first-order valence-corrected chi connectivity index (χ1v) is 10.3. The van der Waals surface area contributed by atoms with Crippen molar-refractivity contribution in [3.05, 3.63) is 60.2 Å². The SMILES string of the molecule is O=S(=O)(Nc1ccc(-c2nnc3n2CCCCC3)cc1)c1ccc(F)cc1. The molecule has 1 aliphatic heterocycles. The van der Waals surface area contributed by atoms with Gasteiger partial charge in [0.1, 0.15) is 11.6 Å². The monoisotopic (exact) mass is 386 g/mol. The average molecular weight is 386 g/mol. The average Bonchev–Trinajstić information content (AvgIpc) is 2.91. The summed E-state index contributed by atoms with van der Waals surface area (Å²) in [6, 6.07) is 11.7. The molecule has 0 saturated carbocycles. The Bertz CT molecular complexity index is 1040. The molecule has 1 aliphatic rings. The summed E-state index contributed by atoms with van der Waals surface area (Å²) in [6.07, 6.45) is 4.35. The van der Waals surface area contributed by atoms with Crippen LogP contribution in [0.4, 0.5) is 10.1 Å². The van der Waals surface area contributed by atoms with Crippen LogP contribution in [-0.2, 0) is 23.0 Å². The molecule has 0 aliphatic carbocycles. The molecule has 2 aromatic carbocycles. The number of fused-ring (bicyclic) bond motifs is 1. The molecule has 27 heavy (non-hydrogen) atoms. The Hall–Kier alpha value is -2.74. The van der Waals surface area contributed by atoms with Crippen molar-refractivity contribution >= 4 is 15.7 Å². The van der Waals surface area contributed by atoms with Crippen LogP contribution in [0.25, 0.3) is 11.4 Å². The van der Waals surface area contributed by atoms with Crippen molar-refractivity contribution in [2.24, 2.45) is 0 Å². The summed E-state index contributed by atoms with van der Waals surface area (Å²) in [5.74, 6) is 1.33. The predicted molar refractivity (Wildman–Crippen MR) is 100 cm³/mol. The van der Waals surface area contributed by atoms with E-state index in [1.165, 1.54) is 18.6 Å². The molecule has 0 bridgehead atoms. The zero-order chi connectivity index (χ0) is 18.9. The maximum Gasteiger partial charge on any atom is 0.261 e. The second-order valence-corrected chi connectivity index (χ2v) is 8.22. The van der Waals surface area contributed by atoms with Crippen molar-refractivity contribution in [1.82, 2.24) is 14.8 Å². The van der Waals surface area contributed by atoms with Crippen molar-refractivity contribution in [2.75, 3.05) is 4.72 Å². The lowest BCUT2D eigenvalue weighted by molar-refractivity contribution is 0.599. The van der Waals surface area contributed by atoms with Gasteiger partial charge in [-0.2, -0.15) is 0 Å². The van der Waals surface area contributed by atoms with Crippen LogP contribution in [0.3, 0.4) is 0 Å². The fourth-order valence-corrected chi connectivity index (χ4v) is 4.27. The second kappa shape index (κ2) is 7.11. The van der Waals surface area contributed by atoms with Gasteiger partial charge in [0.2, 0.25) is 0 Å². The van der Waals surface area contributed by atoms with Crippen LogP contribution >= 0.6 is 0 Å². The normalized spacial score (nSPS) is 14.4. The Kier molecular flexibility index (Phi) is 4.65. The number of halogens is 1. The van der Waals surface area contributed by atoms with Gasteiger partial charge in [0.25, 0.3) is 10.0 Å². The molecule has 0 saturated heterocycles. The molecule has 6 nitrogen and oxygen atoms in total. The van der Waals surface area contributed by atoms with E-state index in [1.54, 1.807) is 12.1 Å². The van der Waals surface area contributed by atoms with Crippen LogP contribution in [0, 0.1) is 5.82 Å². The molecule has 0 amide bonds. The minimum atomic E-state index is -3.77. The lowest BCUT2D eigenvalue weighted by atomic mass is 10.2. The van der Waals surface area contributed by atoms with Gasteiger partial charge in [-0.05, 0) is 61.4 Å². The predicted octanol–water partition coefficient (Wildman–Crippen LogP) is 3.61. The van der Waals surface area contributed by atoms with Gasteiger partial charge in [-0.15, -0.1) is 10.2 Å². The summed E-state index contributed by atoms with van der Waals surface area (Å²) in [5.41, 5.74) is 1.32. The summed E-state index contributed by atoms with van der Waals surface area (Å²) in [7, 11) is -3.77. The highest BCUT2D eigenvalue weighted by Gasteiger charge is 2.17. The minimum Gasteiger partial charge on any atom is -0.311 e. The van der Waals surface area contributed by atoms with E-state index in [0.29, 0.717) is 5.69 Å². The molecule has 0 radical (unpaired) electrons. The maximum absolute atomic E-state index is 13.0. The number of nitrogens with zero attached hydrogens (tertiary/aromatic N) is 3. The highest BCUT2D eigenvalue weighted by molar-refractivity contribution is 7.92. The molecule has 2 heterocycles. The first-order valence-electron chi connectivity index (χ1n) is 8.84. The van der Waals surface area contributed by atoms with Gasteiger partial charge >= 0.3 is 0 Å². The van der Waals surface area contributed by atoms with Crippen LogP contribution in [0.2, 0.25) is 0 Å². The molecule has 8 heteroatoms. The third kappa shape index (κ3) is 3.71. The first-order chi connectivity index (χ1) is 13.0. The fourth-order valence-electron chi connectivity index (χ4n) is 3.21. The minimum absolute atomic E-state index is 0.00996. The number of benzene rings is 2. The molecule has 4 rings (SSSR count). The maximum atomic E-state index is 13.0. The van der Waals surface area contributed by atoms with Gasteiger partial charge in [0.05, 0.1) is 4.90 Å². The lowest BCUT2D eigenvalue weighted by Gasteiger charge is -2.10. The summed E-state index contributed by atoms with van der Waals surface area (Å²) >= 11 is 0. The second-order valence-electron chi connectivity index (χ2n) is 6.54. The number of aryl methyl sites for hydroxylation is 1. The quantitative estimate of drug-likeness (QED) is 0.743. The van der Waals surface area contributed by atoms with Gasteiger partial charge in [-0.3, -0.25) is 4.72 Å². The first kappa shape index (κ1) is 17.7. The van der Waals surface area contributed by atoms with E-state index in [9.17, 15) is 12.8 Å². The van der Waals surface area contributed by atoms with Crippen LogP contribution in [0.15, 0.2) is 53.4 Å². The molecule has 1 aromatic heterocycles. The van der Waals surface area contributed by atoms with Crippen LogP contribution in [0.1, 0.15) is 25.1 Å². The molecule has 0 fully saturated rings. The van der Waals surface area contributed by atoms with E-state index < -0.39 is 15.8 Å². The Morgan fingerprint density at radius 3 is 2.41 bits per heavy atom. The largest absolute Gasteiger partial charge is 0.311 e. The Morgan fingerprint density at radius 2 is 1.67 bits per heavy atom. The summed E-state index contributed by atoms with van der Waals surface area (Å²) in [6.45, 7) is 0.899. The van der Waals surface area contributed by atoms with Gasteiger partial charge in [-0.25, -0.2) is 12.8 Å². The summed E-state index contributed by atoms with van der Waals surface area (Å²) < 4.78 is 42.4. The zero-order valence-electron chi connectivity index (χ0n) is 14.6. The number of rotatable bonds is 4. The molecule has 0 spiro atoms. The molecular formula is C19H19FN4O2S. The van der Waals surface area contributed by atoms with E-state index >= 15 is 0 Å². The van der Waals surface area contributed by atoms with Crippen molar-refractivity contribution in [1.29, 1.82) is 0 Å². The lowest BCUT2D eigenvalue weighted by Crippen LogP contribution is -2.12. The van der Waals surface area contributed by atoms with Gasteiger partial charge < -0.3 is 4.57 Å². The summed E-state index contributed by atoms with van der Waals surface area (Å²) in [5, 5.41) is 8.60. The number of anilines is 1. The van der Waals surface area contributed by atoms with E-state index in [0.717, 1.165) is 55.2 Å². The number of nitrogens with one attached hydrogen (secondary N) is 1. The zero-order valence-corrected chi connectivity index (χ0v) is 15.4. The van der Waals surface area contributed by atoms with Crippen LogP contribution in [0.5, 0.6) is 0 Å². The van der Waals surface area contributed by atoms with E-state index in [1.807, 2.05) is 12.1 Å². The molecule has 1 N–H and O–H groups in total. The third-order valence-corrected chi connectivity index (χ3v) is 6.03. The standard InChI is InChI=1S/C19H19FN4O2S/c20-15-7-11-17(12-8-15)27(25,26)23-16-9-5-14(6-10-16)19-22-21-18-4-2-1-3-13-24(18)19/h5-12,23H,1-4,13H2. The fraction of sp³-hybridized carbons (Fsp3) is 0.263. The van der Waals surface area contributed by atoms with Crippen molar-refractivity contribution in [3.63, 3.8) is 0 Å². The molecule has 0 unspecified atom stereocenters. The van der Waals surface area contributed by atoms with Crippen molar-refractivity contribution < 1.29 is 12.8 Å². The topological polar surface area (TPSA) is 76.9 Å². The third-order valence-electron chi connectivity index (χ3n) is 4.63. The van der Waals surface area contributed by atoms with Gasteiger partial charge in [-0.1, -0.05) is 6.42 Å². The highest BCUT2D eigenvalue weighted by atomic mass is 32.2. The molecule has 140 valence electrons. The summed E-state index contributed by atoms with van der Waals surface area (Å²) in [4.78, 5) is 0.00996. The van der Waals surface area contributed by atoms with E-state index in [-0.39, 0.29) is 4.90 Å². The Morgan fingerprint density at radius 1 is 0.926 bits per heavy atom. The molecule has 0 atom stereocenters. The van der Waals surface area contributed by atoms with Crippen molar-refractivity contribution in [3.8, 4) is 11.4 Å². The number of aromatic nitrogens is 3. The van der Waals surface area contributed by atoms with Crippen LogP contribution < -0.4 is 4.72 Å². The Balaban J connectivity index is 1.56. The highest BCUT2D eigenvalue weighted by Crippen LogP contribution is 2.25. The molecule has 3 aromatic rings. The number of hydrogen-bond donors (Lipinski definition) is 1. The van der Waals surface area contributed by atoms with Crippen LogP contribution in [-0.4, -0.2) is 23.2 Å². The molecular weight excluding hydrogens is 367 g/mol. The van der Waals surface area contributed by atoms with Crippen molar-refractivity contribution in [2.45, 2.75) is 37.1 Å². The number of hydrogen-bond acceptors (Lipinski definition) is 4. The van der Waals surface area contributed by atoms with E-state index in [2.05, 4.69) is 19.5 Å². The number of sulfonamides is 1. The Labute approximate surface area is 157 Å². The smallest absolute Gasteiger partial charge is 0.261 e. The van der Waals surface area contributed by atoms with Gasteiger partial charge in [0.15, 0.2) is 5.82 Å².